The highest BCUT2D eigenvalue weighted by molar-refractivity contribution is 8.00. The number of guanidine groups is 2. The molecule has 47 heteroatoms. The molecule has 0 saturated carbocycles. The van der Waals surface area contributed by atoms with E-state index in [1.165, 1.54) is 32.9 Å². The third-order valence-corrected chi connectivity index (χ3v) is 21.5. The summed E-state index contributed by atoms with van der Waals surface area (Å²) < 4.78 is 0. The average Bonchev–Trinajstić information content (AvgIpc) is 0.921. The fourth-order valence-corrected chi connectivity index (χ4v) is 13.9. The van der Waals surface area contributed by atoms with Crippen LogP contribution < -0.4 is 113 Å². The number of aromatic hydroxyl groups is 1. The number of nitrogens with one attached hydrogen (secondary N) is 19. The molecule has 4 rings (SSSR count). The lowest BCUT2D eigenvalue weighted by atomic mass is 9.96. The smallest absolute Gasteiger partial charge is 0.305 e. The van der Waals surface area contributed by atoms with Gasteiger partial charge < -0.3 is 139 Å². The van der Waals surface area contributed by atoms with Crippen molar-refractivity contribution in [1.82, 2.24) is 90.4 Å². The minimum atomic E-state index is -2.11. The summed E-state index contributed by atoms with van der Waals surface area (Å²) in [7, 11) is 0. The van der Waals surface area contributed by atoms with Crippen LogP contribution in [0.5, 0.6) is 5.75 Å². The van der Waals surface area contributed by atoms with Gasteiger partial charge in [-0.05, 0) is 98.9 Å². The van der Waals surface area contributed by atoms with Gasteiger partial charge in [-0.2, -0.15) is 0 Å². The molecule has 17 atom stereocenters. The standard InChI is InChI=1S/C83H125N23O23S/c1-9-43(6)65-80(128)103-60(39-130-40-62(112)93-54(35-48-24-26-49(110)27-25-48)72(120)98-53(32-41(2)3)75(123)105-65)78(126)104-64(42(4)5)79(127)102-59(38-108)77(125)95-51(23-17-31-91-83(88)89)70(118)94-50(22-16-30-90-82(86)87)69(117)92-44(7)68(116)97-55(33-46-18-12-10-13-19-46)73(121)99-56(34-47-20-14-11-15-21-47)76(124)106-66(45(8)109)81(129)100-57(36-63(113)114)74(122)96-52(28-29-61(84)111)71(119)101-58(37-107)67(85)115/h10-15,18-21,24-27,41-45,50-60,64-66,107-110H,9,16-17,22-23,28-40H2,1-8H3,(H2,84,111)(H2,85,115)(H,92,117)(H,93,112)(H,94,118)(H,95,125)(H,96,122)(H,97,116)(H,98,120)(H,99,121)(H,100,129)(H,101,119)(H,102,127)(H,103,128)(H,104,126)(H,105,123)(H,106,124)(H,113,114)(H4,86,87,90)(H4,88,89,91)/t43-,44-,45+,50-,51-,52-,53-,54-,55-,56-,57-,58-,59-,60-,64-,65-,66-/m0/s1. The molecule has 0 unspecified atom stereocenters. The Hall–Kier alpha value is -13.3. The third kappa shape index (κ3) is 38.7. The zero-order chi connectivity index (χ0) is 97.2. The molecule has 3 aromatic rings. The van der Waals surface area contributed by atoms with Crippen molar-refractivity contribution in [3.63, 3.8) is 0 Å². The van der Waals surface area contributed by atoms with Crippen molar-refractivity contribution < 1.29 is 112 Å². The summed E-state index contributed by atoms with van der Waals surface area (Å²) in [5.41, 5.74) is 22.9. The van der Waals surface area contributed by atoms with E-state index in [9.17, 15) is 112 Å². The van der Waals surface area contributed by atoms with E-state index < -0.39 is 259 Å². The highest BCUT2D eigenvalue weighted by Crippen LogP contribution is 2.19. The molecule has 32 N–H and O–H groups in total. The molecule has 46 nitrogen and oxygen atoms in total. The quantitative estimate of drug-likeness (QED) is 0.0142. The zero-order valence-corrected chi connectivity index (χ0v) is 74.4. The highest BCUT2D eigenvalue weighted by Gasteiger charge is 2.41. The van der Waals surface area contributed by atoms with Crippen molar-refractivity contribution in [2.24, 2.45) is 40.7 Å². The first-order chi connectivity index (χ1) is 61.3. The number of thioether (sulfide) groups is 1. The molecule has 130 heavy (non-hydrogen) atoms. The van der Waals surface area contributed by atoms with Crippen LogP contribution in [-0.4, -0.2) is 278 Å². The van der Waals surface area contributed by atoms with Crippen LogP contribution in [0.25, 0.3) is 0 Å². The summed E-state index contributed by atoms with van der Waals surface area (Å²) in [6, 6.07) is -2.73. The predicted molar refractivity (Wildman–Crippen MR) is 472 cm³/mol. The molecule has 716 valence electrons. The first kappa shape index (κ1) is 109. The van der Waals surface area contributed by atoms with E-state index in [-0.39, 0.29) is 87.6 Å². The number of aliphatic carboxylic acids is 1. The molecule has 17 amide bonds. The number of aliphatic hydroxyl groups is 3. The molecule has 1 aliphatic rings. The van der Waals surface area contributed by atoms with Gasteiger partial charge in [0.25, 0.3) is 0 Å². The Morgan fingerprint density at radius 1 is 0.485 bits per heavy atom. The Kier molecular flexibility index (Phi) is 46.5. The molecule has 3 aromatic carbocycles. The van der Waals surface area contributed by atoms with E-state index in [4.69, 9.17) is 33.8 Å². The third-order valence-electron chi connectivity index (χ3n) is 20.4. The topological polar surface area (TPSA) is 765 Å². The largest absolute Gasteiger partial charge is 0.508 e. The Bertz CT molecular complexity index is 4400. The van der Waals surface area contributed by atoms with Crippen molar-refractivity contribution in [3.8, 4) is 5.75 Å². The van der Waals surface area contributed by atoms with Crippen LogP contribution in [0.3, 0.4) is 0 Å². The first-order valence-corrected chi connectivity index (χ1v) is 43.3. The van der Waals surface area contributed by atoms with Crippen LogP contribution in [0.2, 0.25) is 0 Å². The van der Waals surface area contributed by atoms with E-state index in [1.54, 1.807) is 86.6 Å². The van der Waals surface area contributed by atoms with E-state index in [1.807, 2.05) is 13.8 Å². The number of carbonyl (C=O) groups is 18. The normalized spacial score (nSPS) is 17.9. The molecular weight excluding hydrogens is 1720 g/mol. The Morgan fingerprint density at radius 3 is 1.41 bits per heavy atom. The van der Waals surface area contributed by atoms with Gasteiger partial charge in [0.2, 0.25) is 100 Å². The van der Waals surface area contributed by atoms with Gasteiger partial charge in [0.05, 0.1) is 31.5 Å². The van der Waals surface area contributed by atoms with Crippen LogP contribution >= 0.6 is 11.8 Å². The number of carboxylic acid groups (broad SMARTS) is 1. The summed E-state index contributed by atoms with van der Waals surface area (Å²) in [6.07, 6.45) is -5.11. The van der Waals surface area contributed by atoms with Crippen LogP contribution in [0.4, 0.5) is 0 Å². The Balaban J connectivity index is 1.64. The van der Waals surface area contributed by atoms with E-state index >= 15 is 0 Å². The summed E-state index contributed by atoms with van der Waals surface area (Å²) in [4.78, 5) is 250. The lowest BCUT2D eigenvalue weighted by molar-refractivity contribution is -0.142. The molecule has 1 aliphatic heterocycles. The number of nitrogens with two attached hydrogens (primary N) is 4. The molecule has 1 fully saturated rings. The van der Waals surface area contributed by atoms with Crippen LogP contribution in [0.15, 0.2) is 84.9 Å². The lowest BCUT2D eigenvalue weighted by Crippen LogP contribution is -2.62. The number of phenols is 1. The molecule has 1 heterocycles. The molecule has 0 aromatic heterocycles. The zero-order valence-electron chi connectivity index (χ0n) is 73.6. The fourth-order valence-electron chi connectivity index (χ4n) is 13.0. The maximum atomic E-state index is 14.9. The van der Waals surface area contributed by atoms with Gasteiger partial charge in [-0.3, -0.25) is 97.1 Å². The summed E-state index contributed by atoms with van der Waals surface area (Å²) >= 11 is 0.872. The second-order valence-electron chi connectivity index (χ2n) is 32.0. The maximum absolute atomic E-state index is 14.9. The van der Waals surface area contributed by atoms with Crippen molar-refractivity contribution in [2.45, 2.75) is 229 Å². The number of amides is 17. The number of hydrogen-bond donors (Lipinski definition) is 28. The minimum Gasteiger partial charge on any atom is -0.508 e. The molecule has 1 saturated heterocycles. The number of phenolic OH excluding ortho intramolecular Hbond substituents is 1. The highest BCUT2D eigenvalue weighted by atomic mass is 32.2. The van der Waals surface area contributed by atoms with Crippen LogP contribution in [0.1, 0.15) is 130 Å². The summed E-state index contributed by atoms with van der Waals surface area (Å²) in [5, 5.41) is 109. The van der Waals surface area contributed by atoms with Crippen LogP contribution in [-0.2, 0) is 106 Å². The van der Waals surface area contributed by atoms with Crippen molar-refractivity contribution in [3.05, 3.63) is 102 Å². The summed E-state index contributed by atoms with van der Waals surface area (Å²) in [5.74, 6) is -22.7. The van der Waals surface area contributed by atoms with Gasteiger partial charge in [-0.25, -0.2) is 0 Å². The second kappa shape index (κ2) is 55.4. The van der Waals surface area contributed by atoms with Crippen molar-refractivity contribution in [1.29, 1.82) is 10.8 Å². The van der Waals surface area contributed by atoms with E-state index in [0.29, 0.717) is 23.1 Å². The first-order valence-electron chi connectivity index (χ1n) is 42.2. The number of benzene rings is 3. The van der Waals surface area contributed by atoms with E-state index in [2.05, 4.69) is 90.4 Å². The Morgan fingerprint density at radius 2 is 0.931 bits per heavy atom. The van der Waals surface area contributed by atoms with Gasteiger partial charge in [-0.15, -0.1) is 11.8 Å². The van der Waals surface area contributed by atoms with Gasteiger partial charge in [-0.1, -0.05) is 121 Å². The molecule has 0 bridgehead atoms. The molecule has 0 radical (unpaired) electrons. The van der Waals surface area contributed by atoms with Crippen molar-refractivity contribution in [2.75, 3.05) is 37.8 Å². The minimum absolute atomic E-state index is 0.0195. The molecule has 0 spiro atoms. The Labute approximate surface area is 754 Å². The van der Waals surface area contributed by atoms with Crippen LogP contribution in [0, 0.1) is 28.6 Å². The average molecular weight is 1850 g/mol. The number of carbonyl (C=O) groups excluding carboxylic acids is 17. The van der Waals surface area contributed by atoms with E-state index in [0.717, 1.165) is 18.7 Å². The number of hydrogen-bond acceptors (Lipinski definition) is 25. The number of primary amides is 2. The summed E-state index contributed by atoms with van der Waals surface area (Å²) in [6.45, 7) is 10.1. The van der Waals surface area contributed by atoms with Gasteiger partial charge >= 0.3 is 5.97 Å². The van der Waals surface area contributed by atoms with Gasteiger partial charge in [0, 0.05) is 44.5 Å². The van der Waals surface area contributed by atoms with Gasteiger partial charge in [0.15, 0.2) is 11.9 Å². The fraction of sp³-hybridized carbons (Fsp3) is 0.542. The molecular formula is C83H125N23O23S. The monoisotopic (exact) mass is 1840 g/mol. The number of carboxylic acids is 1. The lowest BCUT2D eigenvalue weighted by Gasteiger charge is -2.30. The predicted octanol–water partition coefficient (Wildman–Crippen LogP) is -7.68. The molecule has 0 aliphatic carbocycles. The SMILES string of the molecule is CC[C@H](C)[C@@H]1NC(=O)[C@H](CC(C)C)NC(=O)[C@H](Cc2ccc(O)cc2)NC(=O)CSC[C@@H](C(=O)N[C@H](C(=O)N[C@@H](CO)C(=O)N[C@@H](CCCNC(=N)N)C(=O)N[C@@H](CCCNC(=N)N)C(=O)N[C@@H](C)C(=O)N[C@@H](Cc2ccccc2)C(=O)N[C@@H](Cc2ccccc2)C(=O)N[C@H](C(=O)N[C@@H](CC(=O)O)C(=O)N[C@@H](CCC(N)=O)C(=O)N[C@@H](CO)C(N)=O)[C@@H](C)O)C(C)C)NC1=O. The van der Waals surface area contributed by atoms with Crippen molar-refractivity contribution >= 4 is 130 Å². The number of aliphatic hydroxyl groups excluding tert-OH is 3. The maximum Gasteiger partial charge on any atom is 0.305 e. The van der Waals surface area contributed by atoms with Gasteiger partial charge in [0.1, 0.15) is 96.4 Å². The second-order valence-corrected chi connectivity index (χ2v) is 33.1. The number of rotatable bonds is 50.